The van der Waals surface area contributed by atoms with Crippen LogP contribution in [0.5, 0.6) is 0 Å². The number of hydrogen-bond donors (Lipinski definition) is 0. The topological polar surface area (TPSA) is 56.7 Å². The molecule has 7 aromatic carbocycles. The van der Waals surface area contributed by atoms with Crippen LogP contribution in [-0.2, 0) is 0 Å². The van der Waals surface area contributed by atoms with E-state index >= 15 is 0 Å². The highest BCUT2D eigenvalue weighted by molar-refractivity contribution is 6.71. The molecule has 0 aliphatic carbocycles. The van der Waals surface area contributed by atoms with Gasteiger partial charge in [-0.05, 0) is 52.2 Å². The summed E-state index contributed by atoms with van der Waals surface area (Å²) >= 11 is 0. The predicted molar refractivity (Wildman–Crippen MR) is 246 cm³/mol. The second-order valence-corrected chi connectivity index (χ2v) is 14.2. The van der Waals surface area contributed by atoms with Crippen LogP contribution >= 0.6 is 0 Å². The molecule has 0 spiro atoms. The van der Waals surface area contributed by atoms with Crippen molar-refractivity contribution in [2.24, 2.45) is 0 Å². The first-order valence-corrected chi connectivity index (χ1v) is 18.3. The highest BCUT2D eigenvalue weighted by Crippen LogP contribution is 2.36. The fraction of sp³-hybridized carbons (Fsp3) is 0. The molecule has 0 unspecified atom stereocenters. The van der Waals surface area contributed by atoms with Gasteiger partial charge in [-0.2, -0.15) is 0 Å². The number of aromatic nitrogens is 4. The van der Waals surface area contributed by atoms with E-state index in [9.17, 15) is 0 Å². The van der Waals surface area contributed by atoms with E-state index in [2.05, 4.69) is 24.3 Å². The summed E-state index contributed by atoms with van der Waals surface area (Å²) in [7, 11) is 52.0. The third kappa shape index (κ3) is 5.54. The van der Waals surface area contributed by atoms with Gasteiger partial charge < -0.3 is 8.98 Å². The van der Waals surface area contributed by atoms with Crippen LogP contribution in [0.3, 0.4) is 0 Å². The summed E-state index contributed by atoms with van der Waals surface area (Å²) in [5.41, 5.74) is 8.68. The second-order valence-electron chi connectivity index (χ2n) is 14.2. The van der Waals surface area contributed by atoms with Crippen LogP contribution in [0, 0.1) is 0 Å². The first kappa shape index (κ1) is 36.0. The molecule has 16 radical (unpaired) electrons. The smallest absolute Gasteiger partial charge is 0.164 e. The molecule has 5 nitrogen and oxygen atoms in total. The summed E-state index contributed by atoms with van der Waals surface area (Å²) < 4.78 is 8.40. The Kier molecular flexibility index (Phi) is 8.49. The molecule has 3 heterocycles. The van der Waals surface area contributed by atoms with Gasteiger partial charge in [0.1, 0.15) is 73.9 Å². The molecule has 0 bridgehead atoms. The van der Waals surface area contributed by atoms with Gasteiger partial charge in [0.15, 0.2) is 17.5 Å². The van der Waals surface area contributed by atoms with E-state index in [1.807, 2.05) is 102 Å². The molecule has 0 fully saturated rings. The van der Waals surface area contributed by atoms with Crippen molar-refractivity contribution in [3.8, 4) is 51.0 Å². The van der Waals surface area contributed by atoms with Crippen molar-refractivity contribution in [3.63, 3.8) is 0 Å². The lowest BCUT2D eigenvalue weighted by molar-refractivity contribution is 0.668. The van der Waals surface area contributed by atoms with Gasteiger partial charge in [-0.3, -0.25) is 0 Å². The number of fused-ring (bicyclic) bond motifs is 6. The van der Waals surface area contributed by atoms with E-state index < -0.39 is 0 Å². The van der Waals surface area contributed by atoms with Crippen LogP contribution in [0.15, 0.2) is 126 Å². The Morgan fingerprint density at radius 2 is 0.810 bits per heavy atom. The van der Waals surface area contributed by atoms with Crippen LogP contribution in [0.1, 0.15) is 0 Å². The zero-order valence-corrected chi connectivity index (χ0v) is 30.9. The van der Waals surface area contributed by atoms with Crippen molar-refractivity contribution in [3.05, 3.63) is 121 Å². The molecule has 13 heteroatoms. The minimum absolute atomic E-state index is 0.128. The summed E-state index contributed by atoms with van der Waals surface area (Å²) in [6, 6.07) is 39.9. The van der Waals surface area contributed by atoms with Crippen LogP contribution in [-0.4, -0.2) is 82.3 Å². The van der Waals surface area contributed by atoms with Crippen molar-refractivity contribution in [1.82, 2.24) is 19.5 Å². The number of benzene rings is 7. The lowest BCUT2D eigenvalue weighted by Gasteiger charge is -2.17. The monoisotopic (exact) mass is 720 g/mol. The average Bonchev–Trinajstić information content (AvgIpc) is 3.82. The minimum Gasteiger partial charge on any atom is -0.456 e. The molecule has 0 aliphatic rings. The number of furan rings is 1. The number of rotatable bonds is 5. The molecule has 250 valence electrons. The largest absolute Gasteiger partial charge is 0.456 e. The van der Waals surface area contributed by atoms with Gasteiger partial charge in [-0.15, -0.1) is 21.9 Å². The average molecular weight is 719 g/mol. The number of nitrogens with zero attached hydrogens (tertiary/aromatic N) is 4. The van der Waals surface area contributed by atoms with E-state index in [0.717, 1.165) is 38.6 Å². The summed E-state index contributed by atoms with van der Waals surface area (Å²) in [4.78, 5) is 14.9. The van der Waals surface area contributed by atoms with Gasteiger partial charge in [0, 0.05) is 50.2 Å². The third-order valence-corrected chi connectivity index (χ3v) is 10.8. The first-order chi connectivity index (χ1) is 28.1. The SMILES string of the molecule is [B]c1c([B])c([B])c2c(c1[B])c1c([B])c([B])c([B])c([B])c1n2-c1ccc2c(c1)oc1cc(-c3nc(-c4ccccc4)nc(-c4cccc(-c5ccccc5)c4)n3)ccc12. The molecule has 0 N–H and O–H groups in total. The van der Waals surface area contributed by atoms with Crippen molar-refractivity contribution in [2.45, 2.75) is 0 Å². The Hall–Kier alpha value is -6.33. The zero-order valence-electron chi connectivity index (χ0n) is 30.9. The second kappa shape index (κ2) is 13.7. The lowest BCUT2D eigenvalue weighted by atomic mass is 9.63. The first-order valence-electron chi connectivity index (χ1n) is 18.3. The van der Waals surface area contributed by atoms with Crippen LogP contribution in [0.4, 0.5) is 0 Å². The van der Waals surface area contributed by atoms with Crippen molar-refractivity contribution in [1.29, 1.82) is 0 Å². The Balaban J connectivity index is 1.14. The van der Waals surface area contributed by atoms with Gasteiger partial charge >= 0.3 is 0 Å². The highest BCUT2D eigenvalue weighted by atomic mass is 16.3. The van der Waals surface area contributed by atoms with E-state index in [0.29, 0.717) is 56.1 Å². The standard InChI is InChI=1S/C45H20B8N4O/c46-33-31-32-34(47)36(49)38(51)40(53)42(32)57(41(31)39(52)37(50)35(33)48)26-15-17-28-27-16-14-25(19-29(27)58-30(28)20-26)45-55-43(22-10-5-2-6-11-22)54-44(56-45)24-13-7-12-23(18-24)21-8-3-1-4-9-21/h1-20H. The Morgan fingerprint density at radius 3 is 1.40 bits per heavy atom. The molecule has 3 aromatic heterocycles. The molecule has 0 aliphatic heterocycles. The van der Waals surface area contributed by atoms with Gasteiger partial charge in [-0.1, -0.05) is 107 Å². The fourth-order valence-corrected chi connectivity index (χ4v) is 7.83. The van der Waals surface area contributed by atoms with Crippen molar-refractivity contribution in [2.75, 3.05) is 0 Å². The summed E-state index contributed by atoms with van der Waals surface area (Å²) in [5, 5.41) is 2.69. The van der Waals surface area contributed by atoms with Gasteiger partial charge in [0.05, 0.1) is 0 Å². The van der Waals surface area contributed by atoms with E-state index in [-0.39, 0.29) is 43.7 Å². The van der Waals surface area contributed by atoms with E-state index in [4.69, 9.17) is 82.1 Å². The normalized spacial score (nSPS) is 11.7. The van der Waals surface area contributed by atoms with Crippen molar-refractivity contribution >= 4 is 150 Å². The van der Waals surface area contributed by atoms with E-state index in [1.54, 1.807) is 0 Å². The maximum Gasteiger partial charge on any atom is 0.164 e. The summed E-state index contributed by atoms with van der Waals surface area (Å²) in [5.74, 6) is 1.60. The fourth-order valence-electron chi connectivity index (χ4n) is 7.83. The predicted octanol–water partition coefficient (Wildman–Crippen LogP) is 1.89. The molecule has 0 atom stereocenters. The van der Waals surface area contributed by atoms with Gasteiger partial charge in [0.25, 0.3) is 0 Å². The maximum atomic E-state index is 6.68. The summed E-state index contributed by atoms with van der Waals surface area (Å²) in [6.07, 6.45) is 0. The molecule has 0 saturated heterocycles. The molecule has 10 rings (SSSR count). The van der Waals surface area contributed by atoms with Crippen molar-refractivity contribution < 1.29 is 4.42 Å². The summed E-state index contributed by atoms with van der Waals surface area (Å²) in [6.45, 7) is 0. The van der Waals surface area contributed by atoms with Crippen LogP contribution in [0.25, 0.3) is 94.7 Å². The third-order valence-electron chi connectivity index (χ3n) is 10.8. The Morgan fingerprint density at radius 1 is 0.362 bits per heavy atom. The highest BCUT2D eigenvalue weighted by Gasteiger charge is 2.23. The Bertz CT molecular complexity index is 3250. The minimum atomic E-state index is 0.128. The van der Waals surface area contributed by atoms with E-state index in [1.165, 1.54) is 0 Å². The van der Waals surface area contributed by atoms with Gasteiger partial charge in [0.2, 0.25) is 0 Å². The molecule has 10 aromatic rings. The molecular weight excluding hydrogens is 699 g/mol. The van der Waals surface area contributed by atoms with Crippen LogP contribution < -0.4 is 43.7 Å². The molecular formula is C45H20B8N4O. The Labute approximate surface area is 345 Å². The number of hydrogen-bond acceptors (Lipinski definition) is 4. The van der Waals surface area contributed by atoms with Gasteiger partial charge in [-0.25, -0.2) is 15.0 Å². The maximum absolute atomic E-state index is 6.68. The molecule has 0 amide bonds. The van der Waals surface area contributed by atoms with Crippen LogP contribution in [0.2, 0.25) is 0 Å². The molecule has 0 saturated carbocycles. The quantitative estimate of drug-likeness (QED) is 0.256. The lowest BCUT2D eigenvalue weighted by Crippen LogP contribution is -2.49. The zero-order chi connectivity index (χ0) is 40.0. The molecule has 58 heavy (non-hydrogen) atoms.